The molecule has 0 saturated carbocycles. The molecular formula is C17H17FO3. The number of fused-ring (bicyclic) bond motifs is 1. The van der Waals surface area contributed by atoms with Crippen molar-refractivity contribution in [1.29, 1.82) is 0 Å². The smallest absolute Gasteiger partial charge is 0.161 e. The zero-order chi connectivity index (χ0) is 14.8. The van der Waals surface area contributed by atoms with Crippen LogP contribution in [0, 0.1) is 12.7 Å². The van der Waals surface area contributed by atoms with Crippen LogP contribution in [0.1, 0.15) is 11.1 Å². The Morgan fingerprint density at radius 3 is 2.81 bits per heavy atom. The number of ether oxygens (including phenoxy) is 2. The molecule has 0 aliphatic carbocycles. The third-order valence-electron chi connectivity index (χ3n) is 3.70. The Hall–Kier alpha value is -2.07. The summed E-state index contributed by atoms with van der Waals surface area (Å²) in [6.45, 7) is 2.18. The van der Waals surface area contributed by atoms with Gasteiger partial charge in [0.05, 0.1) is 6.10 Å². The highest BCUT2D eigenvalue weighted by atomic mass is 19.1. The summed E-state index contributed by atoms with van der Waals surface area (Å²) in [4.78, 5) is 0. The Balaban J connectivity index is 1.72. The molecule has 4 heteroatoms. The lowest BCUT2D eigenvalue weighted by Gasteiger charge is -2.29. The van der Waals surface area contributed by atoms with Crippen molar-refractivity contribution in [3.63, 3.8) is 0 Å². The summed E-state index contributed by atoms with van der Waals surface area (Å²) in [5.41, 5.74) is 1.73. The maximum absolute atomic E-state index is 13.3. The number of halogens is 1. The van der Waals surface area contributed by atoms with Gasteiger partial charge < -0.3 is 14.6 Å². The molecule has 0 fully saturated rings. The van der Waals surface area contributed by atoms with Crippen molar-refractivity contribution in [2.75, 3.05) is 6.61 Å². The van der Waals surface area contributed by atoms with Crippen LogP contribution >= 0.6 is 0 Å². The van der Waals surface area contributed by atoms with Gasteiger partial charge in [0.2, 0.25) is 0 Å². The Kier molecular flexibility index (Phi) is 3.80. The van der Waals surface area contributed by atoms with E-state index in [0.717, 1.165) is 11.1 Å². The van der Waals surface area contributed by atoms with Gasteiger partial charge in [0, 0.05) is 6.42 Å². The normalized spacial score (nSPS) is 18.3. The van der Waals surface area contributed by atoms with Crippen molar-refractivity contribution >= 4 is 0 Å². The van der Waals surface area contributed by atoms with Gasteiger partial charge in [-0.25, -0.2) is 4.39 Å². The van der Waals surface area contributed by atoms with Gasteiger partial charge in [-0.15, -0.1) is 0 Å². The second-order valence-corrected chi connectivity index (χ2v) is 5.26. The van der Waals surface area contributed by atoms with E-state index in [1.54, 1.807) is 6.07 Å². The van der Waals surface area contributed by atoms with Crippen molar-refractivity contribution in [3.8, 4) is 11.5 Å². The summed E-state index contributed by atoms with van der Waals surface area (Å²) in [5, 5.41) is 10.3. The molecule has 0 amide bonds. The van der Waals surface area contributed by atoms with E-state index in [1.165, 1.54) is 12.1 Å². The van der Waals surface area contributed by atoms with Gasteiger partial charge in [0.25, 0.3) is 0 Å². The van der Waals surface area contributed by atoms with Crippen molar-refractivity contribution < 1.29 is 19.0 Å². The summed E-state index contributed by atoms with van der Waals surface area (Å²) in [7, 11) is 0. The first-order chi connectivity index (χ1) is 10.1. The largest absolute Gasteiger partial charge is 0.486 e. The van der Waals surface area contributed by atoms with Gasteiger partial charge in [-0.1, -0.05) is 18.2 Å². The highest BCUT2D eigenvalue weighted by molar-refractivity contribution is 5.41. The van der Waals surface area contributed by atoms with Crippen LogP contribution in [0.5, 0.6) is 11.5 Å². The number of para-hydroxylation sites is 2. The monoisotopic (exact) mass is 288 g/mol. The van der Waals surface area contributed by atoms with E-state index in [1.807, 2.05) is 31.2 Å². The average molecular weight is 288 g/mol. The van der Waals surface area contributed by atoms with Crippen molar-refractivity contribution in [2.45, 2.75) is 25.6 Å². The van der Waals surface area contributed by atoms with E-state index in [2.05, 4.69) is 0 Å². The maximum atomic E-state index is 13.3. The molecule has 1 aliphatic heterocycles. The average Bonchev–Trinajstić information content (AvgIpc) is 2.50. The Labute approximate surface area is 122 Å². The molecule has 2 unspecified atom stereocenters. The molecule has 2 atom stereocenters. The second-order valence-electron chi connectivity index (χ2n) is 5.26. The molecule has 0 saturated heterocycles. The number of aliphatic hydroxyl groups excluding tert-OH is 1. The van der Waals surface area contributed by atoms with E-state index < -0.39 is 12.2 Å². The van der Waals surface area contributed by atoms with Crippen LogP contribution in [-0.2, 0) is 6.42 Å². The van der Waals surface area contributed by atoms with Gasteiger partial charge in [-0.2, -0.15) is 0 Å². The predicted octanol–water partition coefficient (Wildman–Crippen LogP) is 2.88. The zero-order valence-electron chi connectivity index (χ0n) is 11.8. The van der Waals surface area contributed by atoms with E-state index in [9.17, 15) is 9.50 Å². The first kappa shape index (κ1) is 13.9. The molecule has 3 nitrogen and oxygen atoms in total. The minimum atomic E-state index is -0.751. The molecule has 2 aromatic rings. The van der Waals surface area contributed by atoms with E-state index >= 15 is 0 Å². The van der Waals surface area contributed by atoms with Crippen LogP contribution < -0.4 is 9.47 Å². The molecule has 1 aliphatic rings. The predicted molar refractivity (Wildman–Crippen MR) is 77.2 cm³/mol. The molecule has 0 bridgehead atoms. The second kappa shape index (κ2) is 5.74. The summed E-state index contributed by atoms with van der Waals surface area (Å²) >= 11 is 0. The minimum Gasteiger partial charge on any atom is -0.486 e. The third kappa shape index (κ3) is 3.00. The molecule has 0 spiro atoms. The van der Waals surface area contributed by atoms with Gasteiger partial charge in [0.15, 0.2) is 17.6 Å². The molecule has 0 radical (unpaired) electrons. The molecule has 1 heterocycles. The zero-order valence-corrected chi connectivity index (χ0v) is 11.8. The van der Waals surface area contributed by atoms with Gasteiger partial charge >= 0.3 is 0 Å². The quantitative estimate of drug-likeness (QED) is 0.944. The Morgan fingerprint density at radius 2 is 2.00 bits per heavy atom. The highest BCUT2D eigenvalue weighted by Gasteiger charge is 2.27. The molecule has 1 N–H and O–H groups in total. The lowest BCUT2D eigenvalue weighted by Crippen LogP contribution is -2.40. The van der Waals surface area contributed by atoms with E-state index in [-0.39, 0.29) is 12.4 Å². The first-order valence-corrected chi connectivity index (χ1v) is 6.95. The van der Waals surface area contributed by atoms with Crippen LogP contribution in [0.3, 0.4) is 0 Å². The number of rotatable bonds is 3. The Bertz CT molecular complexity index is 642. The van der Waals surface area contributed by atoms with Gasteiger partial charge in [-0.05, 0) is 42.3 Å². The fraction of sp³-hybridized carbons (Fsp3) is 0.294. The fourth-order valence-corrected chi connectivity index (χ4v) is 2.44. The van der Waals surface area contributed by atoms with Gasteiger partial charge in [0.1, 0.15) is 12.4 Å². The van der Waals surface area contributed by atoms with Crippen molar-refractivity contribution in [1.82, 2.24) is 0 Å². The molecular weight excluding hydrogens is 271 g/mol. The van der Waals surface area contributed by atoms with Crippen LogP contribution in [0.4, 0.5) is 4.39 Å². The summed E-state index contributed by atoms with van der Waals surface area (Å²) in [6, 6.07) is 11.9. The molecule has 110 valence electrons. The number of aryl methyl sites for hydroxylation is 1. The van der Waals surface area contributed by atoms with Crippen LogP contribution in [0.2, 0.25) is 0 Å². The highest BCUT2D eigenvalue weighted by Crippen LogP contribution is 2.32. The SMILES string of the molecule is Cc1ccc(F)cc1CC(O)C1COc2ccccc2O1. The van der Waals surface area contributed by atoms with Crippen LogP contribution in [0.15, 0.2) is 42.5 Å². The Morgan fingerprint density at radius 1 is 1.24 bits per heavy atom. The van der Waals surface area contributed by atoms with Crippen LogP contribution in [0.25, 0.3) is 0 Å². The minimum absolute atomic E-state index is 0.284. The third-order valence-corrected chi connectivity index (χ3v) is 3.70. The van der Waals surface area contributed by atoms with E-state index in [4.69, 9.17) is 9.47 Å². The lowest BCUT2D eigenvalue weighted by atomic mass is 9.99. The number of benzene rings is 2. The maximum Gasteiger partial charge on any atom is 0.161 e. The molecule has 21 heavy (non-hydrogen) atoms. The molecule has 2 aromatic carbocycles. The number of hydrogen-bond acceptors (Lipinski definition) is 3. The molecule has 3 rings (SSSR count). The van der Waals surface area contributed by atoms with Crippen molar-refractivity contribution in [2.24, 2.45) is 0 Å². The van der Waals surface area contributed by atoms with Crippen LogP contribution in [-0.4, -0.2) is 23.9 Å². The topological polar surface area (TPSA) is 38.7 Å². The lowest BCUT2D eigenvalue weighted by molar-refractivity contribution is -0.00949. The fourth-order valence-electron chi connectivity index (χ4n) is 2.44. The first-order valence-electron chi connectivity index (χ1n) is 6.95. The van der Waals surface area contributed by atoms with Gasteiger partial charge in [-0.3, -0.25) is 0 Å². The standard InChI is InChI=1S/C17H17FO3/c1-11-6-7-13(18)8-12(11)9-14(19)17-10-20-15-4-2-3-5-16(15)21-17/h2-8,14,17,19H,9-10H2,1H3. The summed E-state index contributed by atoms with van der Waals surface area (Å²) in [5.74, 6) is 1.01. The number of hydrogen-bond donors (Lipinski definition) is 1. The summed E-state index contributed by atoms with van der Waals surface area (Å²) < 4.78 is 24.7. The molecule has 0 aromatic heterocycles. The van der Waals surface area contributed by atoms with Crippen molar-refractivity contribution in [3.05, 3.63) is 59.4 Å². The summed E-state index contributed by atoms with van der Waals surface area (Å²) in [6.07, 6.45) is -0.874. The number of aliphatic hydroxyl groups is 1. The van der Waals surface area contributed by atoms with E-state index in [0.29, 0.717) is 17.9 Å².